The molecule has 0 aliphatic carbocycles. The van der Waals surface area contributed by atoms with Gasteiger partial charge in [-0.3, -0.25) is 4.98 Å². The van der Waals surface area contributed by atoms with Gasteiger partial charge in [0.2, 0.25) is 0 Å². The van der Waals surface area contributed by atoms with Gasteiger partial charge in [-0.2, -0.15) is 0 Å². The molecule has 0 spiro atoms. The second-order valence-electron chi connectivity index (χ2n) is 8.24. The zero-order valence-corrected chi connectivity index (χ0v) is 18.9. The van der Waals surface area contributed by atoms with Crippen LogP contribution in [0.5, 0.6) is 11.5 Å². The normalized spacial score (nSPS) is 13.9. The van der Waals surface area contributed by atoms with Gasteiger partial charge in [0.25, 0.3) is 0 Å². The zero-order valence-electron chi connectivity index (χ0n) is 18.9. The maximum atomic E-state index is 6.08. The molecule has 3 heterocycles. The minimum absolute atomic E-state index is 0.662. The van der Waals surface area contributed by atoms with Crippen molar-refractivity contribution in [1.82, 2.24) is 19.9 Å². The van der Waals surface area contributed by atoms with Crippen LogP contribution in [0.25, 0.3) is 0 Å². The highest BCUT2D eigenvalue weighted by Gasteiger charge is 2.12. The van der Waals surface area contributed by atoms with Crippen LogP contribution < -0.4 is 9.47 Å². The average Bonchev–Trinajstić information content (AvgIpc) is 3.35. The van der Waals surface area contributed by atoms with E-state index >= 15 is 0 Å². The molecule has 0 atom stereocenters. The van der Waals surface area contributed by atoms with Gasteiger partial charge in [0.05, 0.1) is 13.7 Å². The highest BCUT2D eigenvalue weighted by molar-refractivity contribution is 5.43. The van der Waals surface area contributed by atoms with Crippen LogP contribution in [0, 0.1) is 0 Å². The second-order valence-corrected chi connectivity index (χ2v) is 8.24. The van der Waals surface area contributed by atoms with Gasteiger partial charge in [-0.15, -0.1) is 0 Å². The summed E-state index contributed by atoms with van der Waals surface area (Å²) in [5, 5.41) is 0. The molecule has 168 valence electrons. The lowest BCUT2D eigenvalue weighted by Gasteiger charge is -2.16. The van der Waals surface area contributed by atoms with Crippen LogP contribution in [-0.2, 0) is 19.3 Å². The topological polar surface area (TPSA) is 60.4 Å². The molecule has 0 unspecified atom stereocenters. The minimum atomic E-state index is 0.662. The first-order valence-corrected chi connectivity index (χ1v) is 11.5. The number of nitrogens with zero attached hydrogens (tertiary/aromatic N) is 4. The predicted molar refractivity (Wildman–Crippen MR) is 125 cm³/mol. The fourth-order valence-electron chi connectivity index (χ4n) is 4.09. The van der Waals surface area contributed by atoms with Crippen LogP contribution >= 0.6 is 0 Å². The van der Waals surface area contributed by atoms with E-state index in [1.165, 1.54) is 31.5 Å². The van der Waals surface area contributed by atoms with Gasteiger partial charge in [-0.05, 0) is 80.6 Å². The summed E-state index contributed by atoms with van der Waals surface area (Å²) in [5.41, 5.74) is 3.38. The van der Waals surface area contributed by atoms with Crippen LogP contribution in [0.3, 0.4) is 0 Å². The Kier molecular flexibility index (Phi) is 8.04. The van der Waals surface area contributed by atoms with Crippen LogP contribution in [0.15, 0.2) is 55.0 Å². The van der Waals surface area contributed by atoms with Crippen molar-refractivity contribution in [3.8, 4) is 11.5 Å². The molecule has 0 saturated carbocycles. The molecule has 3 aromatic rings. The molecule has 6 heteroatoms. The lowest BCUT2D eigenvalue weighted by Crippen LogP contribution is -2.21. The Bertz CT molecular complexity index is 975. The fraction of sp³-hybridized carbons (Fsp3) is 0.423. The highest BCUT2D eigenvalue weighted by atomic mass is 16.5. The Hall–Kier alpha value is -2.99. The van der Waals surface area contributed by atoms with Crippen LogP contribution in [0.2, 0.25) is 0 Å². The van der Waals surface area contributed by atoms with Crippen LogP contribution in [0.1, 0.15) is 41.9 Å². The quantitative estimate of drug-likeness (QED) is 0.425. The lowest BCUT2D eigenvalue weighted by atomic mass is 10.1. The average molecular weight is 433 g/mol. The summed E-state index contributed by atoms with van der Waals surface area (Å²) < 4.78 is 11.6. The third kappa shape index (κ3) is 6.50. The molecule has 0 radical (unpaired) electrons. The number of hydrogen-bond donors (Lipinski definition) is 0. The van der Waals surface area contributed by atoms with Gasteiger partial charge < -0.3 is 14.4 Å². The van der Waals surface area contributed by atoms with Crippen molar-refractivity contribution in [2.75, 3.05) is 33.4 Å². The summed E-state index contributed by atoms with van der Waals surface area (Å²) in [5.74, 6) is 2.37. The number of hydrogen-bond acceptors (Lipinski definition) is 6. The highest BCUT2D eigenvalue weighted by Crippen LogP contribution is 2.29. The molecule has 1 aliphatic heterocycles. The van der Waals surface area contributed by atoms with E-state index in [2.05, 4.69) is 33.1 Å². The Morgan fingerprint density at radius 1 is 0.969 bits per heavy atom. The predicted octanol–water partition coefficient (Wildman–Crippen LogP) is 4.12. The maximum Gasteiger partial charge on any atom is 0.161 e. The molecular formula is C26H32N4O2. The van der Waals surface area contributed by atoms with Crippen molar-refractivity contribution in [1.29, 1.82) is 0 Å². The number of pyridine rings is 1. The second kappa shape index (κ2) is 11.6. The summed E-state index contributed by atoms with van der Waals surface area (Å²) >= 11 is 0. The molecule has 0 N–H and O–H groups in total. The summed E-state index contributed by atoms with van der Waals surface area (Å²) in [4.78, 5) is 15.9. The van der Waals surface area contributed by atoms with E-state index in [1.54, 1.807) is 13.3 Å². The van der Waals surface area contributed by atoms with Gasteiger partial charge in [0.15, 0.2) is 11.5 Å². The SMILES string of the molecule is COc1ccc(Cc2nccc(CCc3cccnc3)n2)cc1OCCCN1CCCC1. The molecule has 4 rings (SSSR count). The van der Waals surface area contributed by atoms with Gasteiger partial charge in [0.1, 0.15) is 5.82 Å². The third-order valence-electron chi connectivity index (χ3n) is 5.82. The van der Waals surface area contributed by atoms with Gasteiger partial charge in [-0.25, -0.2) is 9.97 Å². The smallest absolute Gasteiger partial charge is 0.161 e. The fourth-order valence-corrected chi connectivity index (χ4v) is 4.09. The van der Waals surface area contributed by atoms with Crippen molar-refractivity contribution in [2.24, 2.45) is 0 Å². The monoisotopic (exact) mass is 432 g/mol. The Morgan fingerprint density at radius 2 is 1.88 bits per heavy atom. The summed E-state index contributed by atoms with van der Waals surface area (Å²) in [6.45, 7) is 4.23. The van der Waals surface area contributed by atoms with E-state index in [0.717, 1.165) is 54.4 Å². The summed E-state index contributed by atoms with van der Waals surface area (Å²) in [7, 11) is 1.68. The largest absolute Gasteiger partial charge is 0.493 e. The van der Waals surface area contributed by atoms with E-state index in [9.17, 15) is 0 Å². The number of likely N-dealkylation sites (tertiary alicyclic amines) is 1. The standard InChI is InChI=1S/C26H32N4O2/c1-31-24-10-8-22(18-25(24)32-17-5-16-30-14-2-3-15-30)19-26-28-13-11-23(29-26)9-7-21-6-4-12-27-20-21/h4,6,8,10-13,18,20H,2-3,5,7,9,14-17,19H2,1H3. The number of aromatic nitrogens is 3. The van der Waals surface area contributed by atoms with E-state index in [0.29, 0.717) is 13.0 Å². The van der Waals surface area contributed by atoms with Crippen LogP contribution in [0.4, 0.5) is 0 Å². The van der Waals surface area contributed by atoms with E-state index in [4.69, 9.17) is 14.5 Å². The van der Waals surface area contributed by atoms with E-state index < -0.39 is 0 Å². The molecule has 1 aromatic carbocycles. The molecule has 32 heavy (non-hydrogen) atoms. The summed E-state index contributed by atoms with van der Waals surface area (Å²) in [6, 6.07) is 12.1. The third-order valence-corrected chi connectivity index (χ3v) is 5.82. The van der Waals surface area contributed by atoms with Gasteiger partial charge in [0, 0.05) is 37.3 Å². The number of benzene rings is 1. The number of rotatable bonds is 11. The van der Waals surface area contributed by atoms with E-state index in [1.807, 2.05) is 30.6 Å². The molecule has 0 bridgehead atoms. The first-order valence-electron chi connectivity index (χ1n) is 11.5. The maximum absolute atomic E-state index is 6.08. The minimum Gasteiger partial charge on any atom is -0.493 e. The van der Waals surface area contributed by atoms with Crippen molar-refractivity contribution in [3.05, 3.63) is 77.6 Å². The van der Waals surface area contributed by atoms with Gasteiger partial charge >= 0.3 is 0 Å². The number of methoxy groups -OCH3 is 1. The molecule has 1 aliphatic rings. The van der Waals surface area contributed by atoms with Crippen molar-refractivity contribution in [3.63, 3.8) is 0 Å². The molecular weight excluding hydrogens is 400 g/mol. The van der Waals surface area contributed by atoms with Crippen molar-refractivity contribution >= 4 is 0 Å². The number of aryl methyl sites for hydroxylation is 2. The Morgan fingerprint density at radius 3 is 2.69 bits per heavy atom. The summed E-state index contributed by atoms with van der Waals surface area (Å²) in [6.07, 6.45) is 11.7. The van der Waals surface area contributed by atoms with E-state index in [-0.39, 0.29) is 0 Å². The molecule has 1 saturated heterocycles. The lowest BCUT2D eigenvalue weighted by molar-refractivity contribution is 0.254. The first kappa shape index (κ1) is 22.2. The van der Waals surface area contributed by atoms with Crippen molar-refractivity contribution < 1.29 is 9.47 Å². The number of ether oxygens (including phenoxy) is 2. The Labute approximate surface area is 190 Å². The zero-order chi connectivity index (χ0) is 22.0. The van der Waals surface area contributed by atoms with Crippen LogP contribution in [-0.4, -0.2) is 53.2 Å². The molecule has 0 amide bonds. The molecule has 2 aromatic heterocycles. The molecule has 1 fully saturated rings. The first-order chi connectivity index (χ1) is 15.8. The molecule has 6 nitrogen and oxygen atoms in total. The Balaban J connectivity index is 1.34. The van der Waals surface area contributed by atoms with Crippen molar-refractivity contribution in [2.45, 2.75) is 38.5 Å². The van der Waals surface area contributed by atoms with Gasteiger partial charge in [-0.1, -0.05) is 12.1 Å².